The number of nitrogens with zero attached hydrogens (tertiary/aromatic N) is 5. The molecule has 0 aromatic carbocycles. The molecule has 2 rings (SSSR count). The van der Waals surface area contributed by atoms with Gasteiger partial charge in [0.05, 0.1) is 5.69 Å². The van der Waals surface area contributed by atoms with Crippen LogP contribution in [0.4, 0.5) is 5.69 Å². The van der Waals surface area contributed by atoms with Crippen molar-refractivity contribution in [3.8, 4) is 0 Å². The van der Waals surface area contributed by atoms with E-state index in [1.165, 1.54) is 0 Å². The van der Waals surface area contributed by atoms with Crippen LogP contribution in [-0.2, 0) is 4.79 Å². The fraction of sp³-hybridized carbons (Fsp3) is 0.400. The lowest BCUT2D eigenvalue weighted by molar-refractivity contribution is -0.117. The molecular formula is C10H10ClN5O. The van der Waals surface area contributed by atoms with E-state index in [0.29, 0.717) is 30.4 Å². The van der Waals surface area contributed by atoms with Gasteiger partial charge in [-0.3, -0.25) is 4.79 Å². The van der Waals surface area contributed by atoms with Crippen molar-refractivity contribution in [2.24, 2.45) is 11.0 Å². The second kappa shape index (κ2) is 5.03. The molecule has 2 heterocycles. The van der Waals surface area contributed by atoms with Gasteiger partial charge in [0.2, 0.25) is 5.91 Å². The molecule has 1 fully saturated rings. The zero-order valence-electron chi connectivity index (χ0n) is 8.95. The molecule has 0 saturated carbocycles. The van der Waals surface area contributed by atoms with Crippen LogP contribution in [0.3, 0.4) is 0 Å². The van der Waals surface area contributed by atoms with E-state index < -0.39 is 0 Å². The lowest BCUT2D eigenvalue weighted by Crippen LogP contribution is -2.25. The van der Waals surface area contributed by atoms with Crippen molar-refractivity contribution in [2.45, 2.75) is 6.42 Å². The maximum atomic E-state index is 11.8. The van der Waals surface area contributed by atoms with Crippen LogP contribution in [0.25, 0.3) is 10.4 Å². The average molecular weight is 252 g/mol. The Labute approximate surface area is 103 Å². The molecule has 17 heavy (non-hydrogen) atoms. The SMILES string of the molecule is [N-]=[N+]=NCC1CC(=O)N(c2cccnc2Cl)C1. The summed E-state index contributed by atoms with van der Waals surface area (Å²) in [7, 11) is 0. The molecule has 1 atom stereocenters. The number of halogens is 1. The number of anilines is 1. The number of hydrogen-bond donors (Lipinski definition) is 0. The van der Waals surface area contributed by atoms with E-state index in [0.717, 1.165) is 0 Å². The van der Waals surface area contributed by atoms with Crippen LogP contribution in [0, 0.1) is 5.92 Å². The lowest BCUT2D eigenvalue weighted by atomic mass is 10.1. The van der Waals surface area contributed by atoms with Gasteiger partial charge in [-0.1, -0.05) is 16.7 Å². The maximum absolute atomic E-state index is 11.8. The fourth-order valence-corrected chi connectivity index (χ4v) is 2.09. The monoisotopic (exact) mass is 251 g/mol. The Morgan fingerprint density at radius 2 is 2.53 bits per heavy atom. The van der Waals surface area contributed by atoms with E-state index in [1.807, 2.05) is 0 Å². The maximum Gasteiger partial charge on any atom is 0.227 e. The molecule has 1 unspecified atom stereocenters. The highest BCUT2D eigenvalue weighted by molar-refractivity contribution is 6.32. The average Bonchev–Trinajstić information content (AvgIpc) is 2.68. The van der Waals surface area contributed by atoms with Gasteiger partial charge in [-0.25, -0.2) is 4.98 Å². The summed E-state index contributed by atoms with van der Waals surface area (Å²) in [5, 5.41) is 3.80. The molecule has 0 aliphatic carbocycles. The van der Waals surface area contributed by atoms with Crippen molar-refractivity contribution in [1.82, 2.24) is 4.98 Å². The van der Waals surface area contributed by atoms with Gasteiger partial charge in [0.15, 0.2) is 5.15 Å². The lowest BCUT2D eigenvalue weighted by Gasteiger charge is -2.16. The van der Waals surface area contributed by atoms with E-state index in [-0.39, 0.29) is 11.8 Å². The standard InChI is InChI=1S/C10H10ClN5O/c11-10-8(2-1-3-13-10)16-6-7(4-9(16)17)5-14-15-12/h1-3,7H,4-6H2. The van der Waals surface area contributed by atoms with E-state index in [4.69, 9.17) is 17.1 Å². The Kier molecular flexibility index (Phi) is 3.46. The van der Waals surface area contributed by atoms with E-state index >= 15 is 0 Å². The van der Waals surface area contributed by atoms with E-state index in [9.17, 15) is 4.79 Å². The van der Waals surface area contributed by atoms with Crippen molar-refractivity contribution in [3.05, 3.63) is 33.9 Å². The third-order valence-corrected chi connectivity index (χ3v) is 2.93. The number of carbonyl (C=O) groups is 1. The highest BCUT2D eigenvalue weighted by Gasteiger charge is 2.31. The second-order valence-corrected chi connectivity index (χ2v) is 4.16. The summed E-state index contributed by atoms with van der Waals surface area (Å²) < 4.78 is 0. The third kappa shape index (κ3) is 2.49. The summed E-state index contributed by atoms with van der Waals surface area (Å²) in [5.41, 5.74) is 8.86. The normalized spacial score (nSPS) is 19.2. The number of rotatable bonds is 3. The Morgan fingerprint density at radius 1 is 1.71 bits per heavy atom. The van der Waals surface area contributed by atoms with Crippen molar-refractivity contribution < 1.29 is 4.79 Å². The number of hydrogen-bond acceptors (Lipinski definition) is 3. The predicted octanol–water partition coefficient (Wildman–Crippen LogP) is 2.40. The van der Waals surface area contributed by atoms with Crippen LogP contribution in [0.1, 0.15) is 6.42 Å². The molecule has 88 valence electrons. The minimum Gasteiger partial charge on any atom is -0.309 e. The molecule has 1 aromatic rings. The summed E-state index contributed by atoms with van der Waals surface area (Å²) in [6, 6.07) is 3.48. The van der Waals surface area contributed by atoms with Gasteiger partial charge in [-0.15, -0.1) is 0 Å². The minimum absolute atomic E-state index is 0.0157. The minimum atomic E-state index is -0.0157. The molecule has 1 amide bonds. The van der Waals surface area contributed by atoms with Crippen molar-refractivity contribution in [3.63, 3.8) is 0 Å². The van der Waals surface area contributed by atoms with Crippen LogP contribution >= 0.6 is 11.6 Å². The first kappa shape index (κ1) is 11.7. The zero-order valence-corrected chi connectivity index (χ0v) is 9.71. The van der Waals surface area contributed by atoms with Gasteiger partial charge < -0.3 is 4.90 Å². The summed E-state index contributed by atoms with van der Waals surface area (Å²) in [5.74, 6) is 0.0349. The molecule has 0 radical (unpaired) electrons. The summed E-state index contributed by atoms with van der Waals surface area (Å²) in [4.78, 5) is 20.0. The molecule has 0 N–H and O–H groups in total. The Hall–Kier alpha value is -1.78. The van der Waals surface area contributed by atoms with Gasteiger partial charge >= 0.3 is 0 Å². The number of azide groups is 1. The van der Waals surface area contributed by atoms with Gasteiger partial charge in [0, 0.05) is 30.6 Å². The quantitative estimate of drug-likeness (QED) is 0.358. The summed E-state index contributed by atoms with van der Waals surface area (Å²) >= 11 is 5.93. The van der Waals surface area contributed by atoms with Gasteiger partial charge in [-0.2, -0.15) is 0 Å². The van der Waals surface area contributed by atoms with Gasteiger partial charge in [0.1, 0.15) is 0 Å². The van der Waals surface area contributed by atoms with E-state index in [2.05, 4.69) is 15.0 Å². The van der Waals surface area contributed by atoms with Crippen LogP contribution < -0.4 is 4.90 Å². The first-order chi connectivity index (χ1) is 8.22. The molecule has 1 saturated heterocycles. The Bertz CT molecular complexity index is 485. The van der Waals surface area contributed by atoms with Crippen molar-refractivity contribution in [2.75, 3.05) is 18.0 Å². The first-order valence-corrected chi connectivity index (χ1v) is 5.52. The molecule has 0 bridgehead atoms. The van der Waals surface area contributed by atoms with Crippen LogP contribution in [0.2, 0.25) is 5.15 Å². The molecule has 0 spiro atoms. The molecule has 6 nitrogen and oxygen atoms in total. The number of amides is 1. The first-order valence-electron chi connectivity index (χ1n) is 5.14. The predicted molar refractivity (Wildman–Crippen MR) is 63.7 cm³/mol. The molecule has 7 heteroatoms. The van der Waals surface area contributed by atoms with Gasteiger partial charge in [-0.05, 0) is 23.6 Å². The van der Waals surface area contributed by atoms with Crippen LogP contribution in [0.15, 0.2) is 23.4 Å². The Morgan fingerprint density at radius 3 is 3.24 bits per heavy atom. The Balaban J connectivity index is 2.16. The van der Waals surface area contributed by atoms with Crippen LogP contribution in [0.5, 0.6) is 0 Å². The topological polar surface area (TPSA) is 82.0 Å². The highest BCUT2D eigenvalue weighted by atomic mass is 35.5. The van der Waals surface area contributed by atoms with E-state index in [1.54, 1.807) is 23.2 Å². The van der Waals surface area contributed by atoms with Crippen molar-refractivity contribution in [1.29, 1.82) is 0 Å². The summed E-state index contributed by atoms with van der Waals surface area (Å²) in [6.07, 6.45) is 1.95. The molecular weight excluding hydrogens is 242 g/mol. The number of carbonyl (C=O) groups excluding carboxylic acids is 1. The third-order valence-electron chi connectivity index (χ3n) is 2.64. The summed E-state index contributed by atoms with van der Waals surface area (Å²) in [6.45, 7) is 0.847. The smallest absolute Gasteiger partial charge is 0.227 e. The molecule has 1 aliphatic heterocycles. The van der Waals surface area contributed by atoms with Crippen LogP contribution in [-0.4, -0.2) is 24.0 Å². The fourth-order valence-electron chi connectivity index (χ4n) is 1.87. The highest BCUT2D eigenvalue weighted by Crippen LogP contribution is 2.29. The zero-order chi connectivity index (χ0) is 12.3. The second-order valence-electron chi connectivity index (χ2n) is 3.80. The van der Waals surface area contributed by atoms with Gasteiger partial charge in [0.25, 0.3) is 0 Å². The molecule has 1 aliphatic rings. The number of aromatic nitrogens is 1. The number of pyridine rings is 1. The van der Waals surface area contributed by atoms with Crippen molar-refractivity contribution >= 4 is 23.2 Å². The molecule has 1 aromatic heterocycles. The largest absolute Gasteiger partial charge is 0.309 e.